The summed E-state index contributed by atoms with van der Waals surface area (Å²) in [7, 11) is 0. The summed E-state index contributed by atoms with van der Waals surface area (Å²) < 4.78 is 24.0. The van der Waals surface area contributed by atoms with Crippen LogP contribution in [0.3, 0.4) is 0 Å². The molecule has 162 valence electrons. The molecule has 0 unspecified atom stereocenters. The summed E-state index contributed by atoms with van der Waals surface area (Å²) in [5, 5.41) is 3.32. The number of benzene rings is 2. The molecule has 4 rings (SSSR count). The van der Waals surface area contributed by atoms with Gasteiger partial charge in [0.25, 0.3) is 5.22 Å². The lowest BCUT2D eigenvalue weighted by molar-refractivity contribution is -0.118. The number of nitrogens with one attached hydrogen (secondary N) is 1. The van der Waals surface area contributed by atoms with Crippen molar-refractivity contribution in [1.29, 1.82) is 0 Å². The number of amides is 1. The predicted octanol–water partition coefficient (Wildman–Crippen LogP) is 3.72. The topological polar surface area (TPSA) is 67.6 Å². The molecule has 1 fully saturated rings. The highest BCUT2D eigenvalue weighted by atomic mass is 32.2. The minimum Gasteiger partial charge on any atom is -0.431 e. The van der Waals surface area contributed by atoms with Crippen LogP contribution in [0.1, 0.15) is 11.1 Å². The molecule has 1 aliphatic rings. The molecule has 1 saturated heterocycles. The van der Waals surface area contributed by atoms with Crippen LogP contribution in [0.25, 0.3) is 11.3 Å². The standard InChI is InChI=1S/C23H24FN3O3S/c24-20-7-5-19(6-8-20)21-14-26-23(30-21)31-16-22(28)25-13-17-1-3-18(4-2-17)15-27-9-11-29-12-10-27/h1-8,14H,9-13,15-16H2,(H,25,28). The van der Waals surface area contributed by atoms with Crippen LogP contribution in [0.2, 0.25) is 0 Å². The van der Waals surface area contributed by atoms with Crippen LogP contribution in [-0.2, 0) is 22.6 Å². The molecule has 0 bridgehead atoms. The summed E-state index contributed by atoms with van der Waals surface area (Å²) in [5.41, 5.74) is 3.05. The van der Waals surface area contributed by atoms with Crippen LogP contribution in [0.15, 0.2) is 64.4 Å². The number of halogens is 1. The Balaban J connectivity index is 1.20. The van der Waals surface area contributed by atoms with Crippen LogP contribution in [-0.4, -0.2) is 47.8 Å². The van der Waals surface area contributed by atoms with E-state index in [-0.39, 0.29) is 17.5 Å². The fraction of sp³-hybridized carbons (Fsp3) is 0.304. The van der Waals surface area contributed by atoms with E-state index >= 15 is 0 Å². The Morgan fingerprint density at radius 2 is 1.77 bits per heavy atom. The van der Waals surface area contributed by atoms with Crippen molar-refractivity contribution in [2.24, 2.45) is 0 Å². The minimum absolute atomic E-state index is 0.0936. The number of thioether (sulfide) groups is 1. The lowest BCUT2D eigenvalue weighted by Gasteiger charge is -2.26. The minimum atomic E-state index is -0.304. The maximum absolute atomic E-state index is 13.0. The highest BCUT2D eigenvalue weighted by Crippen LogP contribution is 2.25. The molecule has 1 amide bonds. The van der Waals surface area contributed by atoms with E-state index in [0.29, 0.717) is 17.5 Å². The Hall–Kier alpha value is -2.68. The van der Waals surface area contributed by atoms with Crippen LogP contribution < -0.4 is 5.32 Å². The normalized spacial score (nSPS) is 14.5. The smallest absolute Gasteiger partial charge is 0.256 e. The number of rotatable bonds is 8. The van der Waals surface area contributed by atoms with Gasteiger partial charge in [-0.25, -0.2) is 9.37 Å². The lowest BCUT2D eigenvalue weighted by atomic mass is 10.1. The number of hydrogen-bond donors (Lipinski definition) is 1. The van der Waals surface area contributed by atoms with Gasteiger partial charge in [-0.05, 0) is 35.4 Å². The van der Waals surface area contributed by atoms with Crippen molar-refractivity contribution < 1.29 is 18.3 Å². The molecule has 1 aliphatic heterocycles. The number of morpholine rings is 1. The second-order valence-corrected chi connectivity index (χ2v) is 8.19. The van der Waals surface area contributed by atoms with Gasteiger partial charge in [0.1, 0.15) is 5.82 Å². The molecular weight excluding hydrogens is 417 g/mol. The first kappa shape index (κ1) is 21.5. The van der Waals surface area contributed by atoms with Gasteiger partial charge in [0.15, 0.2) is 5.76 Å². The van der Waals surface area contributed by atoms with E-state index in [2.05, 4.69) is 27.3 Å². The Morgan fingerprint density at radius 1 is 1.06 bits per heavy atom. The van der Waals surface area contributed by atoms with Crippen LogP contribution in [0, 0.1) is 5.82 Å². The molecular formula is C23H24FN3O3S. The quantitative estimate of drug-likeness (QED) is 0.538. The first-order chi connectivity index (χ1) is 15.2. The van der Waals surface area contributed by atoms with E-state index in [4.69, 9.17) is 9.15 Å². The van der Waals surface area contributed by atoms with Crippen molar-refractivity contribution in [3.05, 3.63) is 71.7 Å². The summed E-state index contributed by atoms with van der Waals surface area (Å²) in [6.45, 7) is 4.91. The highest BCUT2D eigenvalue weighted by molar-refractivity contribution is 7.99. The Morgan fingerprint density at radius 3 is 2.52 bits per heavy atom. The fourth-order valence-electron chi connectivity index (χ4n) is 3.23. The zero-order valence-electron chi connectivity index (χ0n) is 17.1. The third kappa shape index (κ3) is 6.40. The molecule has 2 heterocycles. The largest absolute Gasteiger partial charge is 0.431 e. The van der Waals surface area contributed by atoms with Gasteiger partial charge in [0, 0.05) is 31.7 Å². The van der Waals surface area contributed by atoms with Crippen molar-refractivity contribution in [3.8, 4) is 11.3 Å². The number of ether oxygens (including phenoxy) is 1. The molecule has 0 radical (unpaired) electrons. The van der Waals surface area contributed by atoms with Crippen LogP contribution >= 0.6 is 11.8 Å². The van der Waals surface area contributed by atoms with Crippen molar-refractivity contribution in [3.63, 3.8) is 0 Å². The molecule has 0 spiro atoms. The predicted molar refractivity (Wildman–Crippen MR) is 117 cm³/mol. The average Bonchev–Trinajstić information content (AvgIpc) is 3.27. The summed E-state index contributed by atoms with van der Waals surface area (Å²) >= 11 is 1.22. The third-order valence-electron chi connectivity index (χ3n) is 4.96. The highest BCUT2D eigenvalue weighted by Gasteiger charge is 2.12. The second-order valence-electron chi connectivity index (χ2n) is 7.27. The van der Waals surface area contributed by atoms with Gasteiger partial charge in [-0.15, -0.1) is 0 Å². The molecule has 8 heteroatoms. The van der Waals surface area contributed by atoms with Gasteiger partial charge in [0.05, 0.1) is 25.2 Å². The third-order valence-corrected chi connectivity index (χ3v) is 5.80. The summed E-state index contributed by atoms with van der Waals surface area (Å²) in [5.74, 6) is 0.351. The summed E-state index contributed by atoms with van der Waals surface area (Å²) in [6, 6.07) is 14.3. The molecule has 1 N–H and O–H groups in total. The average molecular weight is 442 g/mol. The first-order valence-corrected chi connectivity index (χ1v) is 11.1. The van der Waals surface area contributed by atoms with Gasteiger partial charge in [-0.2, -0.15) is 0 Å². The van der Waals surface area contributed by atoms with E-state index in [1.165, 1.54) is 29.5 Å². The monoisotopic (exact) mass is 441 g/mol. The van der Waals surface area contributed by atoms with Crippen LogP contribution in [0.5, 0.6) is 0 Å². The molecule has 1 aromatic heterocycles. The van der Waals surface area contributed by atoms with Crippen LogP contribution in [0.4, 0.5) is 4.39 Å². The van der Waals surface area contributed by atoms with Crippen molar-refractivity contribution in [1.82, 2.24) is 15.2 Å². The number of nitrogens with zero attached hydrogens (tertiary/aromatic N) is 2. The molecule has 0 aliphatic carbocycles. The first-order valence-electron chi connectivity index (χ1n) is 10.1. The van der Waals surface area contributed by atoms with E-state index in [1.54, 1.807) is 18.3 Å². The molecule has 31 heavy (non-hydrogen) atoms. The Bertz CT molecular complexity index is 986. The Labute approximate surface area is 184 Å². The number of aromatic nitrogens is 1. The molecule has 6 nitrogen and oxygen atoms in total. The van der Waals surface area contributed by atoms with E-state index in [0.717, 1.165) is 44.0 Å². The van der Waals surface area contributed by atoms with Gasteiger partial charge in [0.2, 0.25) is 5.91 Å². The van der Waals surface area contributed by atoms with E-state index in [9.17, 15) is 9.18 Å². The number of carbonyl (C=O) groups is 1. The molecule has 3 aromatic rings. The zero-order chi connectivity index (χ0) is 21.5. The van der Waals surface area contributed by atoms with E-state index < -0.39 is 0 Å². The maximum atomic E-state index is 13.0. The molecule has 0 atom stereocenters. The van der Waals surface area contributed by atoms with Gasteiger partial charge < -0.3 is 14.5 Å². The number of hydrogen-bond acceptors (Lipinski definition) is 6. The summed E-state index contributed by atoms with van der Waals surface area (Å²) in [4.78, 5) is 18.7. The van der Waals surface area contributed by atoms with Gasteiger partial charge in [-0.1, -0.05) is 36.0 Å². The maximum Gasteiger partial charge on any atom is 0.256 e. The second kappa shape index (κ2) is 10.6. The zero-order valence-corrected chi connectivity index (χ0v) is 17.9. The molecule has 0 saturated carbocycles. The van der Waals surface area contributed by atoms with Gasteiger partial charge >= 0.3 is 0 Å². The van der Waals surface area contributed by atoms with Gasteiger partial charge in [-0.3, -0.25) is 9.69 Å². The fourth-order valence-corrected chi connectivity index (χ4v) is 3.86. The lowest BCUT2D eigenvalue weighted by Crippen LogP contribution is -2.35. The van der Waals surface area contributed by atoms with Crippen molar-refractivity contribution in [2.45, 2.75) is 18.3 Å². The number of oxazole rings is 1. The number of carbonyl (C=O) groups excluding carboxylic acids is 1. The summed E-state index contributed by atoms with van der Waals surface area (Å²) in [6.07, 6.45) is 1.58. The van der Waals surface area contributed by atoms with Crippen molar-refractivity contribution >= 4 is 17.7 Å². The SMILES string of the molecule is O=C(CSc1ncc(-c2ccc(F)cc2)o1)NCc1ccc(CN2CCOCC2)cc1. The van der Waals surface area contributed by atoms with Crippen molar-refractivity contribution in [2.75, 3.05) is 32.1 Å². The molecule has 2 aromatic carbocycles. The van der Waals surface area contributed by atoms with E-state index in [1.807, 2.05) is 12.1 Å². The Kier molecular flexibility index (Phi) is 7.35.